The Morgan fingerprint density at radius 1 is 1.28 bits per heavy atom. The molecule has 1 rings (SSSR count). The van der Waals surface area contributed by atoms with Crippen LogP contribution < -0.4 is 5.32 Å². The van der Waals surface area contributed by atoms with E-state index in [0.717, 1.165) is 25.7 Å². The largest absolute Gasteiger partial charge is 0.391 e. The molecule has 1 saturated carbocycles. The maximum Gasteiger partial charge on any atom is 0.151 e. The monoisotopic (exact) mass is 277 g/mol. The van der Waals surface area contributed by atoms with Gasteiger partial charge in [0, 0.05) is 18.8 Å². The molecule has 0 spiro atoms. The van der Waals surface area contributed by atoms with Crippen LogP contribution in [0.1, 0.15) is 46.5 Å². The molecular weight excluding hydrogens is 250 g/mol. The highest BCUT2D eigenvalue weighted by Crippen LogP contribution is 2.25. The summed E-state index contributed by atoms with van der Waals surface area (Å²) in [7, 11) is -3.00. The maximum absolute atomic E-state index is 11.7. The summed E-state index contributed by atoms with van der Waals surface area (Å²) in [6.45, 7) is 6.40. The predicted octanol–water partition coefficient (Wildman–Crippen LogP) is 1.34. The molecule has 0 amide bonds. The van der Waals surface area contributed by atoms with Crippen LogP contribution >= 0.6 is 0 Å². The lowest BCUT2D eigenvalue weighted by Gasteiger charge is -2.33. The lowest BCUT2D eigenvalue weighted by Crippen LogP contribution is -2.49. The summed E-state index contributed by atoms with van der Waals surface area (Å²) >= 11 is 0. The minimum Gasteiger partial charge on any atom is -0.391 e. The third kappa shape index (κ3) is 4.52. The molecule has 0 heterocycles. The summed E-state index contributed by atoms with van der Waals surface area (Å²) < 4.78 is 23.5. The average Bonchev–Trinajstić information content (AvgIpc) is 2.23. The molecule has 0 aromatic rings. The van der Waals surface area contributed by atoms with Gasteiger partial charge in [0.25, 0.3) is 0 Å². The molecule has 2 N–H and O–H groups in total. The fourth-order valence-electron chi connectivity index (χ4n) is 2.41. The Morgan fingerprint density at radius 2 is 1.83 bits per heavy atom. The van der Waals surface area contributed by atoms with Gasteiger partial charge in [-0.05, 0) is 18.3 Å². The van der Waals surface area contributed by atoms with Crippen molar-refractivity contribution in [3.63, 3.8) is 0 Å². The first-order chi connectivity index (χ1) is 8.12. The standard InChI is InChI=1S/C13H27NO3S/c1-13(2,3)12(15)9-14-10-7-5-6-8-11(10)18(4,16)17/h10-12,14-15H,5-9H2,1-4H3. The first-order valence-corrected chi connectivity index (χ1v) is 8.68. The Hall–Kier alpha value is -0.130. The number of aliphatic hydroxyl groups excluding tert-OH is 1. The van der Waals surface area contributed by atoms with E-state index >= 15 is 0 Å². The van der Waals surface area contributed by atoms with E-state index in [0.29, 0.717) is 6.54 Å². The molecule has 1 aliphatic carbocycles. The summed E-state index contributed by atoms with van der Waals surface area (Å²) in [6, 6.07) is -0.00856. The first-order valence-electron chi connectivity index (χ1n) is 6.72. The molecule has 0 aromatic carbocycles. The van der Waals surface area contributed by atoms with Crippen LogP contribution in [0.4, 0.5) is 0 Å². The van der Waals surface area contributed by atoms with Crippen LogP contribution in [-0.2, 0) is 9.84 Å². The van der Waals surface area contributed by atoms with E-state index in [4.69, 9.17) is 0 Å². The summed E-state index contributed by atoms with van der Waals surface area (Å²) in [5.41, 5.74) is -0.178. The Labute approximate surface area is 111 Å². The predicted molar refractivity (Wildman–Crippen MR) is 74.4 cm³/mol. The van der Waals surface area contributed by atoms with Crippen molar-refractivity contribution in [1.29, 1.82) is 0 Å². The topological polar surface area (TPSA) is 66.4 Å². The number of hydrogen-bond acceptors (Lipinski definition) is 4. The third-order valence-corrected chi connectivity index (χ3v) is 5.49. The van der Waals surface area contributed by atoms with Crippen molar-refractivity contribution in [3.8, 4) is 0 Å². The summed E-state index contributed by atoms with van der Waals surface area (Å²) in [6.07, 6.45) is 4.53. The number of hydrogen-bond donors (Lipinski definition) is 2. The van der Waals surface area contributed by atoms with Gasteiger partial charge >= 0.3 is 0 Å². The molecule has 1 aliphatic rings. The highest BCUT2D eigenvalue weighted by molar-refractivity contribution is 7.91. The molecule has 108 valence electrons. The molecule has 3 unspecified atom stereocenters. The molecule has 1 fully saturated rings. The molecule has 0 aliphatic heterocycles. The van der Waals surface area contributed by atoms with Crippen molar-refractivity contribution < 1.29 is 13.5 Å². The van der Waals surface area contributed by atoms with Crippen LogP contribution in [0.3, 0.4) is 0 Å². The second-order valence-corrected chi connectivity index (χ2v) is 8.81. The smallest absolute Gasteiger partial charge is 0.151 e. The van der Waals surface area contributed by atoms with Crippen molar-refractivity contribution in [1.82, 2.24) is 5.32 Å². The van der Waals surface area contributed by atoms with Crippen LogP contribution in [0, 0.1) is 5.41 Å². The third-order valence-electron chi connectivity index (χ3n) is 3.83. The summed E-state index contributed by atoms with van der Waals surface area (Å²) in [5, 5.41) is 13.0. The average molecular weight is 277 g/mol. The molecule has 5 heteroatoms. The zero-order valence-electron chi connectivity index (χ0n) is 11.9. The van der Waals surface area contributed by atoms with E-state index < -0.39 is 15.9 Å². The SMILES string of the molecule is CC(C)(C)C(O)CNC1CCCCC1S(C)(=O)=O. The summed E-state index contributed by atoms with van der Waals surface area (Å²) in [4.78, 5) is 0. The van der Waals surface area contributed by atoms with Gasteiger partial charge in [0.2, 0.25) is 0 Å². The molecule has 0 saturated heterocycles. The number of nitrogens with one attached hydrogen (secondary N) is 1. The molecular formula is C13H27NO3S. The number of rotatable bonds is 4. The highest BCUT2D eigenvalue weighted by Gasteiger charge is 2.33. The second kappa shape index (κ2) is 5.88. The zero-order chi connectivity index (χ0) is 14.0. The Bertz CT molecular complexity index is 359. The van der Waals surface area contributed by atoms with E-state index in [1.165, 1.54) is 6.26 Å². The Morgan fingerprint density at radius 3 is 2.33 bits per heavy atom. The van der Waals surface area contributed by atoms with Gasteiger partial charge in [0.15, 0.2) is 9.84 Å². The normalized spacial score (nSPS) is 28.1. The van der Waals surface area contributed by atoms with Gasteiger partial charge < -0.3 is 10.4 Å². The lowest BCUT2D eigenvalue weighted by atomic mass is 9.88. The van der Waals surface area contributed by atoms with Crippen LogP contribution in [0.5, 0.6) is 0 Å². The van der Waals surface area contributed by atoms with E-state index in [-0.39, 0.29) is 16.7 Å². The molecule has 0 aromatic heterocycles. The van der Waals surface area contributed by atoms with Crippen LogP contribution in [0.25, 0.3) is 0 Å². The summed E-state index contributed by atoms with van der Waals surface area (Å²) in [5.74, 6) is 0. The van der Waals surface area contributed by atoms with Crippen molar-refractivity contribution in [2.75, 3.05) is 12.8 Å². The van der Waals surface area contributed by atoms with Gasteiger partial charge in [0.05, 0.1) is 11.4 Å². The lowest BCUT2D eigenvalue weighted by molar-refractivity contribution is 0.0593. The van der Waals surface area contributed by atoms with Gasteiger partial charge in [0.1, 0.15) is 0 Å². The van der Waals surface area contributed by atoms with Crippen LogP contribution in [0.2, 0.25) is 0 Å². The van der Waals surface area contributed by atoms with E-state index in [9.17, 15) is 13.5 Å². The molecule has 18 heavy (non-hydrogen) atoms. The molecule has 3 atom stereocenters. The van der Waals surface area contributed by atoms with Crippen molar-refractivity contribution in [3.05, 3.63) is 0 Å². The van der Waals surface area contributed by atoms with Gasteiger partial charge in [-0.2, -0.15) is 0 Å². The van der Waals surface area contributed by atoms with E-state index in [1.807, 2.05) is 20.8 Å². The van der Waals surface area contributed by atoms with Crippen molar-refractivity contribution >= 4 is 9.84 Å². The van der Waals surface area contributed by atoms with E-state index in [1.54, 1.807) is 0 Å². The minimum atomic E-state index is -3.00. The van der Waals surface area contributed by atoms with Gasteiger partial charge in [-0.3, -0.25) is 0 Å². The van der Waals surface area contributed by atoms with Crippen LogP contribution in [0.15, 0.2) is 0 Å². The van der Waals surface area contributed by atoms with E-state index in [2.05, 4.69) is 5.32 Å². The first kappa shape index (κ1) is 15.9. The van der Waals surface area contributed by atoms with Crippen molar-refractivity contribution in [2.45, 2.75) is 63.9 Å². The Balaban J connectivity index is 2.59. The number of sulfone groups is 1. The molecule has 4 nitrogen and oxygen atoms in total. The van der Waals surface area contributed by atoms with Gasteiger partial charge in [-0.25, -0.2) is 8.42 Å². The zero-order valence-corrected chi connectivity index (χ0v) is 12.8. The molecule has 0 radical (unpaired) electrons. The quantitative estimate of drug-likeness (QED) is 0.814. The van der Waals surface area contributed by atoms with Crippen LogP contribution in [-0.4, -0.2) is 43.7 Å². The maximum atomic E-state index is 11.7. The minimum absolute atomic E-state index is 0.00856. The van der Waals surface area contributed by atoms with Gasteiger partial charge in [-0.15, -0.1) is 0 Å². The Kier molecular flexibility index (Phi) is 5.21. The fourth-order valence-corrected chi connectivity index (χ4v) is 3.84. The fraction of sp³-hybridized carbons (Fsp3) is 1.00. The number of aliphatic hydroxyl groups is 1. The van der Waals surface area contributed by atoms with Crippen molar-refractivity contribution in [2.24, 2.45) is 5.41 Å². The van der Waals surface area contributed by atoms with Gasteiger partial charge in [-0.1, -0.05) is 33.6 Å². The second-order valence-electron chi connectivity index (χ2n) is 6.55. The highest BCUT2D eigenvalue weighted by atomic mass is 32.2. The molecule has 0 bridgehead atoms.